The predicted octanol–water partition coefficient (Wildman–Crippen LogP) is 4.51. The van der Waals surface area contributed by atoms with Gasteiger partial charge in [0, 0.05) is 49.2 Å². The zero-order valence-corrected chi connectivity index (χ0v) is 22.3. The summed E-state index contributed by atoms with van der Waals surface area (Å²) in [7, 11) is 0. The molecule has 1 N–H and O–H groups in total. The van der Waals surface area contributed by atoms with Crippen molar-refractivity contribution in [3.05, 3.63) is 57.8 Å². The van der Waals surface area contributed by atoms with Gasteiger partial charge in [0.2, 0.25) is 5.91 Å². The Kier molecular flexibility index (Phi) is 8.40. The molecule has 2 aliphatic heterocycles. The monoisotopic (exact) mass is 508 g/mol. The minimum Gasteiger partial charge on any atom is -0.355 e. The standard InChI is InChI=1S/C29H40N4O2S/c1-2-15-31-17-19-32(20-18-31)16-8-14-30-28(34)26-23-11-5-6-12-24(23)29(35)33(22-9-3-4-10-22)27(26)25-13-7-21-36-25/h5-7,11-13,21-22,26-27H,2-4,8-10,14-20H2,1H3,(H,30,34)/t26-,27-/m1/s1. The SMILES string of the molecule is CCCN1CCN(CCCNC(=O)[C@@H]2c3ccccc3C(=O)N(C3CCCC3)[C@@H]2c2cccs2)CC1. The van der Waals surface area contributed by atoms with Crippen LogP contribution in [0.3, 0.4) is 0 Å². The maximum atomic E-state index is 13.8. The lowest BCUT2D eigenvalue weighted by Gasteiger charge is -2.44. The molecular formula is C29H40N4O2S. The van der Waals surface area contributed by atoms with Gasteiger partial charge in [0.25, 0.3) is 5.91 Å². The van der Waals surface area contributed by atoms with Crippen LogP contribution in [0.4, 0.5) is 0 Å². The van der Waals surface area contributed by atoms with Crippen molar-refractivity contribution in [1.82, 2.24) is 20.0 Å². The van der Waals surface area contributed by atoms with Crippen molar-refractivity contribution < 1.29 is 9.59 Å². The lowest BCUT2D eigenvalue weighted by Crippen LogP contribution is -2.51. The Labute approximate surface area is 219 Å². The molecule has 0 spiro atoms. The summed E-state index contributed by atoms with van der Waals surface area (Å²) in [5.74, 6) is -0.248. The average molecular weight is 509 g/mol. The van der Waals surface area contributed by atoms with Gasteiger partial charge in [-0.3, -0.25) is 9.59 Å². The van der Waals surface area contributed by atoms with E-state index in [2.05, 4.69) is 38.4 Å². The van der Waals surface area contributed by atoms with Gasteiger partial charge in [-0.2, -0.15) is 0 Å². The molecule has 5 rings (SSSR count). The maximum absolute atomic E-state index is 13.8. The quantitative estimate of drug-likeness (QED) is 0.507. The second-order valence-corrected chi connectivity index (χ2v) is 11.5. The Hall–Kier alpha value is -2.22. The molecule has 7 heteroatoms. The van der Waals surface area contributed by atoms with E-state index >= 15 is 0 Å². The third kappa shape index (κ3) is 5.38. The number of thiophene rings is 1. The lowest BCUT2D eigenvalue weighted by molar-refractivity contribution is -0.124. The summed E-state index contributed by atoms with van der Waals surface area (Å²) < 4.78 is 0. The van der Waals surface area contributed by atoms with Crippen molar-refractivity contribution in [2.75, 3.05) is 45.8 Å². The molecule has 1 saturated carbocycles. The zero-order valence-electron chi connectivity index (χ0n) is 21.5. The van der Waals surface area contributed by atoms with E-state index in [1.54, 1.807) is 11.3 Å². The van der Waals surface area contributed by atoms with Crippen LogP contribution in [0.1, 0.15) is 78.2 Å². The van der Waals surface area contributed by atoms with Crippen molar-refractivity contribution in [3.63, 3.8) is 0 Å². The number of hydrogen-bond acceptors (Lipinski definition) is 5. The van der Waals surface area contributed by atoms with Crippen molar-refractivity contribution >= 4 is 23.2 Å². The number of carbonyl (C=O) groups excluding carboxylic acids is 2. The van der Waals surface area contributed by atoms with Gasteiger partial charge in [0.15, 0.2) is 0 Å². The Morgan fingerprint density at radius 1 is 1.00 bits per heavy atom. The summed E-state index contributed by atoms with van der Waals surface area (Å²) in [6.45, 7) is 9.64. The van der Waals surface area contributed by atoms with Crippen LogP contribution in [-0.2, 0) is 4.79 Å². The summed E-state index contributed by atoms with van der Waals surface area (Å²) in [5.41, 5.74) is 1.57. The predicted molar refractivity (Wildman–Crippen MR) is 145 cm³/mol. The van der Waals surface area contributed by atoms with Crippen molar-refractivity contribution in [2.45, 2.75) is 63.5 Å². The third-order valence-corrected chi connectivity index (χ3v) is 9.11. The van der Waals surface area contributed by atoms with E-state index < -0.39 is 0 Å². The summed E-state index contributed by atoms with van der Waals surface area (Å²) in [5, 5.41) is 5.33. The molecule has 0 bridgehead atoms. The molecule has 2 fully saturated rings. The first-order chi connectivity index (χ1) is 17.7. The number of piperazine rings is 1. The summed E-state index contributed by atoms with van der Waals surface area (Å²) in [6, 6.07) is 11.9. The van der Waals surface area contributed by atoms with Crippen LogP contribution in [0.2, 0.25) is 0 Å². The van der Waals surface area contributed by atoms with E-state index in [1.807, 2.05) is 30.3 Å². The van der Waals surface area contributed by atoms with Crippen molar-refractivity contribution in [3.8, 4) is 0 Å². The Morgan fingerprint density at radius 3 is 2.42 bits per heavy atom. The number of rotatable bonds is 9. The lowest BCUT2D eigenvalue weighted by atomic mass is 9.80. The highest BCUT2D eigenvalue weighted by atomic mass is 32.1. The molecule has 3 aliphatic rings. The molecule has 2 aromatic rings. The number of fused-ring (bicyclic) bond motifs is 1. The van der Waals surface area contributed by atoms with E-state index in [0.29, 0.717) is 12.1 Å². The molecule has 1 aromatic carbocycles. The molecule has 194 valence electrons. The average Bonchev–Trinajstić information content (AvgIpc) is 3.62. The van der Waals surface area contributed by atoms with Gasteiger partial charge in [0.1, 0.15) is 0 Å². The fourth-order valence-electron chi connectivity index (χ4n) is 6.36. The van der Waals surface area contributed by atoms with Crippen molar-refractivity contribution in [1.29, 1.82) is 0 Å². The number of nitrogens with zero attached hydrogens (tertiary/aromatic N) is 3. The highest BCUT2D eigenvalue weighted by Crippen LogP contribution is 2.47. The Balaban J connectivity index is 1.29. The molecule has 2 atom stereocenters. The first-order valence-corrected chi connectivity index (χ1v) is 14.7. The van der Waals surface area contributed by atoms with Gasteiger partial charge >= 0.3 is 0 Å². The summed E-state index contributed by atoms with van der Waals surface area (Å²) in [6.07, 6.45) is 6.51. The van der Waals surface area contributed by atoms with Gasteiger partial charge in [-0.05, 0) is 61.8 Å². The van der Waals surface area contributed by atoms with Crippen molar-refractivity contribution in [2.24, 2.45) is 0 Å². The molecule has 2 amide bonds. The summed E-state index contributed by atoms with van der Waals surface area (Å²) in [4.78, 5) is 35.8. The molecule has 36 heavy (non-hydrogen) atoms. The van der Waals surface area contributed by atoms with E-state index in [-0.39, 0.29) is 29.8 Å². The normalized spacial score (nSPS) is 23.7. The van der Waals surface area contributed by atoms with E-state index in [0.717, 1.165) is 75.3 Å². The van der Waals surface area contributed by atoms with Crippen LogP contribution in [-0.4, -0.2) is 78.4 Å². The second-order valence-electron chi connectivity index (χ2n) is 10.5. The smallest absolute Gasteiger partial charge is 0.254 e. The number of nitrogens with one attached hydrogen (secondary N) is 1. The highest BCUT2D eigenvalue weighted by Gasteiger charge is 2.47. The number of hydrogen-bond donors (Lipinski definition) is 1. The van der Waals surface area contributed by atoms with Crippen LogP contribution < -0.4 is 5.32 Å². The van der Waals surface area contributed by atoms with E-state index in [1.165, 1.54) is 13.0 Å². The fraction of sp³-hybridized carbons (Fsp3) is 0.586. The fourth-order valence-corrected chi connectivity index (χ4v) is 7.22. The molecule has 0 unspecified atom stereocenters. The minimum atomic E-state index is -0.379. The molecule has 1 saturated heterocycles. The Bertz CT molecular complexity index is 1010. The van der Waals surface area contributed by atoms with Crippen LogP contribution in [0, 0.1) is 0 Å². The zero-order chi connectivity index (χ0) is 24.9. The first-order valence-electron chi connectivity index (χ1n) is 13.8. The largest absolute Gasteiger partial charge is 0.355 e. The maximum Gasteiger partial charge on any atom is 0.254 e. The highest BCUT2D eigenvalue weighted by molar-refractivity contribution is 7.10. The Morgan fingerprint density at radius 2 is 1.72 bits per heavy atom. The molecule has 0 radical (unpaired) electrons. The van der Waals surface area contributed by atoms with Gasteiger partial charge in [-0.15, -0.1) is 11.3 Å². The van der Waals surface area contributed by atoms with Crippen LogP contribution in [0.25, 0.3) is 0 Å². The van der Waals surface area contributed by atoms with Gasteiger partial charge in [-0.25, -0.2) is 0 Å². The van der Waals surface area contributed by atoms with E-state index in [9.17, 15) is 9.59 Å². The molecular weight excluding hydrogens is 468 g/mol. The molecule has 1 aromatic heterocycles. The van der Waals surface area contributed by atoms with Crippen LogP contribution in [0.5, 0.6) is 0 Å². The molecule has 1 aliphatic carbocycles. The number of amides is 2. The number of carbonyl (C=O) groups is 2. The van der Waals surface area contributed by atoms with Crippen LogP contribution in [0.15, 0.2) is 41.8 Å². The van der Waals surface area contributed by atoms with Gasteiger partial charge in [0.05, 0.1) is 12.0 Å². The second kappa shape index (κ2) is 11.9. The van der Waals surface area contributed by atoms with E-state index in [4.69, 9.17) is 0 Å². The minimum absolute atomic E-state index is 0.0455. The first kappa shape index (κ1) is 25.4. The number of benzene rings is 1. The van der Waals surface area contributed by atoms with Gasteiger partial charge < -0.3 is 20.0 Å². The third-order valence-electron chi connectivity index (χ3n) is 8.17. The molecule has 6 nitrogen and oxygen atoms in total. The van der Waals surface area contributed by atoms with Crippen LogP contribution >= 0.6 is 11.3 Å². The summed E-state index contributed by atoms with van der Waals surface area (Å²) >= 11 is 1.66. The van der Waals surface area contributed by atoms with Gasteiger partial charge in [-0.1, -0.05) is 44.0 Å². The topological polar surface area (TPSA) is 55.9 Å². The molecule has 3 heterocycles.